The number of benzene rings is 2. The number of hydrogen-bond acceptors (Lipinski definition) is 4. The van der Waals surface area contributed by atoms with Crippen molar-refractivity contribution in [3.8, 4) is 11.5 Å². The lowest BCUT2D eigenvalue weighted by Gasteiger charge is -2.23. The van der Waals surface area contributed by atoms with Crippen LogP contribution in [0.3, 0.4) is 0 Å². The summed E-state index contributed by atoms with van der Waals surface area (Å²) in [5, 5.41) is 8.95. The van der Waals surface area contributed by atoms with Crippen molar-refractivity contribution in [3.05, 3.63) is 59.2 Å². The summed E-state index contributed by atoms with van der Waals surface area (Å²) in [5.74, 6) is 0.00330. The molecule has 6 nitrogen and oxygen atoms in total. The lowest BCUT2D eigenvalue weighted by atomic mass is 10.1. The molecule has 0 aliphatic rings. The predicted molar refractivity (Wildman–Crippen MR) is 93.4 cm³/mol. The maximum atomic E-state index is 12.7. The lowest BCUT2D eigenvalue weighted by molar-refractivity contribution is 0.0693. The van der Waals surface area contributed by atoms with Gasteiger partial charge in [0.05, 0.1) is 19.8 Å². The summed E-state index contributed by atoms with van der Waals surface area (Å²) < 4.78 is 10.7. The van der Waals surface area contributed by atoms with Crippen molar-refractivity contribution in [2.24, 2.45) is 0 Å². The second kappa shape index (κ2) is 8.19. The van der Waals surface area contributed by atoms with Crippen LogP contribution in [0.1, 0.15) is 33.2 Å². The van der Waals surface area contributed by atoms with Crippen LogP contribution in [-0.2, 0) is 6.54 Å². The van der Waals surface area contributed by atoms with E-state index in [4.69, 9.17) is 14.6 Å². The topological polar surface area (TPSA) is 76.1 Å². The minimum absolute atomic E-state index is 0.147. The Balaban J connectivity index is 2.25. The lowest BCUT2D eigenvalue weighted by Crippen LogP contribution is -2.30. The standard InChI is InChI=1S/C19H21NO5/c1-4-20(12-15-6-5-7-16(24-2)17(15)25-3)18(21)13-8-10-14(11-9-13)19(22)23/h5-11H,4,12H2,1-3H3,(H,22,23). The maximum Gasteiger partial charge on any atom is 0.335 e. The number of rotatable bonds is 7. The van der Waals surface area contributed by atoms with Crippen LogP contribution in [0, 0.1) is 0 Å². The van der Waals surface area contributed by atoms with Gasteiger partial charge in [-0.3, -0.25) is 4.79 Å². The molecule has 0 aromatic heterocycles. The normalized spacial score (nSPS) is 10.2. The van der Waals surface area contributed by atoms with Crippen molar-refractivity contribution in [1.29, 1.82) is 0 Å². The van der Waals surface area contributed by atoms with Crippen LogP contribution in [-0.4, -0.2) is 42.6 Å². The van der Waals surface area contributed by atoms with Crippen LogP contribution in [0.5, 0.6) is 11.5 Å². The zero-order valence-corrected chi connectivity index (χ0v) is 14.5. The Hall–Kier alpha value is -3.02. The van der Waals surface area contributed by atoms with Gasteiger partial charge in [-0.05, 0) is 37.3 Å². The molecule has 0 unspecified atom stereocenters. The van der Waals surface area contributed by atoms with Crippen molar-refractivity contribution >= 4 is 11.9 Å². The fourth-order valence-electron chi connectivity index (χ4n) is 2.55. The highest BCUT2D eigenvalue weighted by Crippen LogP contribution is 2.31. The van der Waals surface area contributed by atoms with Crippen LogP contribution in [0.4, 0.5) is 0 Å². The number of carboxylic acid groups (broad SMARTS) is 1. The van der Waals surface area contributed by atoms with Crippen molar-refractivity contribution in [1.82, 2.24) is 4.90 Å². The number of methoxy groups -OCH3 is 2. The Kier molecular flexibility index (Phi) is 6.00. The van der Waals surface area contributed by atoms with E-state index in [0.717, 1.165) is 5.56 Å². The first kappa shape index (κ1) is 18.3. The zero-order chi connectivity index (χ0) is 18.4. The van der Waals surface area contributed by atoms with E-state index in [1.165, 1.54) is 24.3 Å². The van der Waals surface area contributed by atoms with Gasteiger partial charge < -0.3 is 19.5 Å². The van der Waals surface area contributed by atoms with Crippen molar-refractivity contribution in [2.75, 3.05) is 20.8 Å². The van der Waals surface area contributed by atoms with Crippen molar-refractivity contribution < 1.29 is 24.2 Å². The Morgan fingerprint density at radius 2 is 1.64 bits per heavy atom. The van der Waals surface area contributed by atoms with Gasteiger partial charge >= 0.3 is 5.97 Å². The van der Waals surface area contributed by atoms with Gasteiger partial charge in [0.25, 0.3) is 5.91 Å². The van der Waals surface area contributed by atoms with Crippen LogP contribution >= 0.6 is 0 Å². The first-order valence-corrected chi connectivity index (χ1v) is 7.84. The molecular formula is C19H21NO5. The zero-order valence-electron chi connectivity index (χ0n) is 14.5. The molecule has 2 aromatic rings. The fraction of sp³-hybridized carbons (Fsp3) is 0.263. The van der Waals surface area contributed by atoms with Gasteiger partial charge in [0.2, 0.25) is 0 Å². The molecule has 0 atom stereocenters. The van der Waals surface area contributed by atoms with Gasteiger partial charge in [0, 0.05) is 24.2 Å². The van der Waals surface area contributed by atoms with E-state index >= 15 is 0 Å². The minimum atomic E-state index is -1.02. The summed E-state index contributed by atoms with van der Waals surface area (Å²) in [6, 6.07) is 11.4. The number of para-hydroxylation sites is 1. The van der Waals surface area contributed by atoms with E-state index in [2.05, 4.69) is 0 Å². The van der Waals surface area contributed by atoms with Crippen LogP contribution in [0.2, 0.25) is 0 Å². The van der Waals surface area contributed by atoms with E-state index < -0.39 is 5.97 Å². The van der Waals surface area contributed by atoms with Crippen molar-refractivity contribution in [3.63, 3.8) is 0 Å². The Morgan fingerprint density at radius 3 is 2.16 bits per heavy atom. The molecule has 0 radical (unpaired) electrons. The maximum absolute atomic E-state index is 12.7. The van der Waals surface area contributed by atoms with E-state index in [1.54, 1.807) is 25.2 Å². The molecule has 0 aliphatic heterocycles. The number of carbonyl (C=O) groups excluding carboxylic acids is 1. The molecule has 1 amide bonds. The summed E-state index contributed by atoms with van der Waals surface area (Å²) in [5.41, 5.74) is 1.42. The number of amides is 1. The largest absolute Gasteiger partial charge is 0.493 e. The minimum Gasteiger partial charge on any atom is -0.493 e. The first-order chi connectivity index (χ1) is 12.0. The third kappa shape index (κ3) is 4.09. The van der Waals surface area contributed by atoms with E-state index in [0.29, 0.717) is 30.2 Å². The fourth-order valence-corrected chi connectivity index (χ4v) is 2.55. The number of carboxylic acids is 1. The number of carbonyl (C=O) groups is 2. The molecule has 0 saturated heterocycles. The average molecular weight is 343 g/mol. The molecular weight excluding hydrogens is 322 g/mol. The molecule has 1 N–H and O–H groups in total. The number of nitrogens with zero attached hydrogens (tertiary/aromatic N) is 1. The monoisotopic (exact) mass is 343 g/mol. The molecule has 0 aliphatic carbocycles. The third-order valence-electron chi connectivity index (χ3n) is 3.89. The SMILES string of the molecule is CCN(Cc1cccc(OC)c1OC)C(=O)c1ccc(C(=O)O)cc1. The molecule has 2 rings (SSSR count). The van der Waals surface area contributed by atoms with E-state index in [-0.39, 0.29) is 11.5 Å². The second-order valence-electron chi connectivity index (χ2n) is 5.35. The highest BCUT2D eigenvalue weighted by Gasteiger charge is 2.18. The molecule has 0 heterocycles. The van der Waals surface area contributed by atoms with Gasteiger partial charge in [-0.25, -0.2) is 4.79 Å². The summed E-state index contributed by atoms with van der Waals surface area (Å²) >= 11 is 0. The summed E-state index contributed by atoms with van der Waals surface area (Å²) in [6.45, 7) is 2.74. The third-order valence-corrected chi connectivity index (χ3v) is 3.89. The van der Waals surface area contributed by atoms with Gasteiger partial charge in [-0.2, -0.15) is 0 Å². The highest BCUT2D eigenvalue weighted by atomic mass is 16.5. The molecule has 0 bridgehead atoms. The van der Waals surface area contributed by atoms with Gasteiger partial charge in [0.15, 0.2) is 11.5 Å². The number of aromatic carboxylic acids is 1. The smallest absolute Gasteiger partial charge is 0.335 e. The van der Waals surface area contributed by atoms with Crippen LogP contribution < -0.4 is 9.47 Å². The van der Waals surface area contributed by atoms with Gasteiger partial charge in [0.1, 0.15) is 0 Å². The summed E-state index contributed by atoms with van der Waals surface area (Å²) in [4.78, 5) is 25.3. The molecule has 25 heavy (non-hydrogen) atoms. The Labute approximate surface area is 146 Å². The average Bonchev–Trinajstić information content (AvgIpc) is 2.65. The molecule has 6 heteroatoms. The molecule has 132 valence electrons. The Morgan fingerprint density at radius 1 is 1.00 bits per heavy atom. The molecule has 0 spiro atoms. The van der Waals surface area contributed by atoms with Crippen LogP contribution in [0.15, 0.2) is 42.5 Å². The highest BCUT2D eigenvalue weighted by molar-refractivity contribution is 5.95. The van der Waals surface area contributed by atoms with Crippen molar-refractivity contribution in [2.45, 2.75) is 13.5 Å². The molecule has 0 fully saturated rings. The predicted octanol–water partition coefficient (Wildman–Crippen LogP) is 3.06. The molecule has 0 saturated carbocycles. The summed E-state index contributed by atoms with van der Waals surface area (Å²) in [7, 11) is 3.12. The van der Waals surface area contributed by atoms with Gasteiger partial charge in [-0.15, -0.1) is 0 Å². The summed E-state index contributed by atoms with van der Waals surface area (Å²) in [6.07, 6.45) is 0. The van der Waals surface area contributed by atoms with Gasteiger partial charge in [-0.1, -0.05) is 12.1 Å². The first-order valence-electron chi connectivity index (χ1n) is 7.84. The molecule has 2 aromatic carbocycles. The van der Waals surface area contributed by atoms with Crippen LogP contribution in [0.25, 0.3) is 0 Å². The van der Waals surface area contributed by atoms with E-state index in [9.17, 15) is 9.59 Å². The number of hydrogen-bond donors (Lipinski definition) is 1. The Bertz CT molecular complexity index is 755. The number of ether oxygens (including phenoxy) is 2. The van der Waals surface area contributed by atoms with E-state index in [1.807, 2.05) is 19.1 Å². The second-order valence-corrected chi connectivity index (χ2v) is 5.35. The quantitative estimate of drug-likeness (QED) is 0.836.